The number of amides is 4. The van der Waals surface area contributed by atoms with E-state index in [0.29, 0.717) is 53.3 Å². The number of piperazine rings is 1. The highest BCUT2D eigenvalue weighted by atomic mass is 35.5. The monoisotopic (exact) mass is 497 g/mol. The van der Waals surface area contributed by atoms with Crippen molar-refractivity contribution in [2.24, 2.45) is 0 Å². The van der Waals surface area contributed by atoms with Gasteiger partial charge in [-0.3, -0.25) is 0 Å². The number of carbonyl (C=O) groups is 2. The summed E-state index contributed by atoms with van der Waals surface area (Å²) in [5, 5.41) is 9.47. The quantitative estimate of drug-likeness (QED) is 0.395. The van der Waals surface area contributed by atoms with Crippen molar-refractivity contribution < 1.29 is 9.59 Å². The number of nitrogens with one attached hydrogen (secondary N) is 3. The lowest BCUT2D eigenvalue weighted by Gasteiger charge is -2.36. The minimum atomic E-state index is -0.366. The van der Waals surface area contributed by atoms with Crippen molar-refractivity contribution in [1.29, 1.82) is 0 Å². The number of para-hydroxylation sites is 2. The predicted octanol–water partition coefficient (Wildman–Crippen LogP) is 6.30. The molecular formula is C25H25Cl2N5O2. The summed E-state index contributed by atoms with van der Waals surface area (Å²) in [6.07, 6.45) is 0. The minimum absolute atomic E-state index is 0.153. The van der Waals surface area contributed by atoms with E-state index in [4.69, 9.17) is 23.2 Å². The van der Waals surface area contributed by atoms with E-state index in [9.17, 15) is 9.59 Å². The Morgan fingerprint density at radius 3 is 2.12 bits per heavy atom. The Bertz CT molecular complexity index is 1160. The van der Waals surface area contributed by atoms with E-state index in [-0.39, 0.29) is 12.1 Å². The van der Waals surface area contributed by atoms with E-state index in [2.05, 4.69) is 20.9 Å². The average molecular weight is 498 g/mol. The molecule has 0 aromatic heterocycles. The van der Waals surface area contributed by atoms with Gasteiger partial charge in [0.05, 0.1) is 21.4 Å². The van der Waals surface area contributed by atoms with Crippen molar-refractivity contribution in [3.63, 3.8) is 0 Å². The molecular weight excluding hydrogens is 473 g/mol. The Kier molecular flexibility index (Phi) is 7.45. The fraction of sp³-hybridized carbons (Fsp3) is 0.200. The molecule has 3 aromatic carbocycles. The first-order chi connectivity index (χ1) is 16.4. The zero-order chi connectivity index (χ0) is 24.1. The number of urea groups is 2. The molecule has 0 atom stereocenters. The fourth-order valence-corrected chi connectivity index (χ4v) is 4.20. The molecule has 3 N–H and O–H groups in total. The van der Waals surface area contributed by atoms with Crippen molar-refractivity contribution in [3.8, 4) is 0 Å². The van der Waals surface area contributed by atoms with Crippen LogP contribution in [-0.4, -0.2) is 43.1 Å². The maximum absolute atomic E-state index is 12.7. The maximum atomic E-state index is 12.7. The molecule has 1 heterocycles. The molecule has 3 aromatic rings. The van der Waals surface area contributed by atoms with Gasteiger partial charge in [-0.2, -0.15) is 0 Å². The lowest BCUT2D eigenvalue weighted by atomic mass is 10.2. The molecule has 0 radical (unpaired) electrons. The number of rotatable bonds is 4. The third-order valence-electron chi connectivity index (χ3n) is 5.63. The predicted molar refractivity (Wildman–Crippen MR) is 140 cm³/mol. The van der Waals surface area contributed by atoms with Gasteiger partial charge in [-0.1, -0.05) is 47.5 Å². The van der Waals surface area contributed by atoms with Crippen LogP contribution in [0.2, 0.25) is 10.0 Å². The second-order valence-corrected chi connectivity index (χ2v) is 8.76. The second-order valence-electron chi connectivity index (χ2n) is 7.94. The molecule has 1 saturated heterocycles. The van der Waals surface area contributed by atoms with Crippen LogP contribution in [0.4, 0.5) is 32.3 Å². The summed E-state index contributed by atoms with van der Waals surface area (Å²) in [5.74, 6) is 0. The smallest absolute Gasteiger partial charge is 0.323 e. The highest BCUT2D eigenvalue weighted by Crippen LogP contribution is 2.26. The second kappa shape index (κ2) is 10.7. The first-order valence-electron chi connectivity index (χ1n) is 10.9. The average Bonchev–Trinajstić information content (AvgIpc) is 2.83. The van der Waals surface area contributed by atoms with Crippen LogP contribution in [0.3, 0.4) is 0 Å². The van der Waals surface area contributed by atoms with Crippen LogP contribution in [0.5, 0.6) is 0 Å². The topological polar surface area (TPSA) is 76.7 Å². The number of aryl methyl sites for hydroxylation is 1. The molecule has 7 nitrogen and oxygen atoms in total. The van der Waals surface area contributed by atoms with E-state index < -0.39 is 0 Å². The van der Waals surface area contributed by atoms with Crippen molar-refractivity contribution in [1.82, 2.24) is 4.90 Å². The molecule has 1 aliphatic rings. The lowest BCUT2D eigenvalue weighted by molar-refractivity contribution is 0.208. The summed E-state index contributed by atoms with van der Waals surface area (Å²) in [6, 6.07) is 19.7. The first kappa shape index (κ1) is 23.7. The molecule has 176 valence electrons. The molecule has 0 bridgehead atoms. The van der Waals surface area contributed by atoms with Gasteiger partial charge in [0.25, 0.3) is 0 Å². The van der Waals surface area contributed by atoms with Gasteiger partial charge in [-0.05, 0) is 55.0 Å². The third-order valence-corrected chi connectivity index (χ3v) is 6.28. The summed E-state index contributed by atoms with van der Waals surface area (Å²) in [7, 11) is 0. The molecule has 0 unspecified atom stereocenters. The molecule has 1 fully saturated rings. The largest absolute Gasteiger partial charge is 0.368 e. The van der Waals surface area contributed by atoms with E-state index in [0.717, 1.165) is 11.3 Å². The van der Waals surface area contributed by atoms with Crippen molar-refractivity contribution in [3.05, 3.63) is 82.3 Å². The van der Waals surface area contributed by atoms with E-state index in [1.807, 2.05) is 43.3 Å². The van der Waals surface area contributed by atoms with Gasteiger partial charge >= 0.3 is 12.1 Å². The van der Waals surface area contributed by atoms with Crippen LogP contribution >= 0.6 is 23.2 Å². The lowest BCUT2D eigenvalue weighted by Crippen LogP contribution is -2.50. The Labute approximate surface area is 208 Å². The van der Waals surface area contributed by atoms with Crippen LogP contribution in [0.1, 0.15) is 5.56 Å². The van der Waals surface area contributed by atoms with Crippen LogP contribution in [0, 0.1) is 6.92 Å². The minimum Gasteiger partial charge on any atom is -0.368 e. The van der Waals surface area contributed by atoms with Crippen LogP contribution in [0.25, 0.3) is 0 Å². The number of nitrogens with zero attached hydrogens (tertiary/aromatic N) is 2. The summed E-state index contributed by atoms with van der Waals surface area (Å²) in [4.78, 5) is 28.9. The zero-order valence-electron chi connectivity index (χ0n) is 18.6. The standard InChI is InChI=1S/C25H25Cl2N5O2/c1-17-5-4-7-21(27)23(17)30-25(34)32-15-13-31(14-16-32)19-11-9-18(10-12-19)28-24(33)29-22-8-3-2-6-20(22)26/h2-12H,13-16H2,1H3,(H,30,34)(H2,28,29,33). The molecule has 4 amide bonds. The van der Waals surface area contributed by atoms with Crippen LogP contribution in [0.15, 0.2) is 66.7 Å². The third kappa shape index (κ3) is 5.73. The van der Waals surface area contributed by atoms with E-state index in [1.54, 1.807) is 35.2 Å². The molecule has 0 saturated carbocycles. The SMILES string of the molecule is Cc1cccc(Cl)c1NC(=O)N1CCN(c2ccc(NC(=O)Nc3ccccc3Cl)cc2)CC1. The van der Waals surface area contributed by atoms with Gasteiger partial charge in [-0.25, -0.2) is 9.59 Å². The number of halogens is 2. The van der Waals surface area contributed by atoms with Gasteiger partial charge in [0.1, 0.15) is 0 Å². The number of hydrogen-bond acceptors (Lipinski definition) is 3. The van der Waals surface area contributed by atoms with E-state index >= 15 is 0 Å². The summed E-state index contributed by atoms with van der Waals surface area (Å²) in [6.45, 7) is 4.51. The first-order valence-corrected chi connectivity index (χ1v) is 11.6. The molecule has 0 aliphatic carbocycles. The molecule has 9 heteroatoms. The molecule has 34 heavy (non-hydrogen) atoms. The zero-order valence-corrected chi connectivity index (χ0v) is 20.2. The van der Waals surface area contributed by atoms with Crippen LogP contribution in [-0.2, 0) is 0 Å². The Morgan fingerprint density at radius 1 is 0.765 bits per heavy atom. The van der Waals surface area contributed by atoms with Gasteiger partial charge in [0.15, 0.2) is 0 Å². The van der Waals surface area contributed by atoms with Crippen molar-refractivity contribution in [2.75, 3.05) is 47.0 Å². The number of hydrogen-bond donors (Lipinski definition) is 3. The molecule has 0 spiro atoms. The number of benzene rings is 3. The number of carbonyl (C=O) groups excluding carboxylic acids is 2. The molecule has 1 aliphatic heterocycles. The Balaban J connectivity index is 1.28. The molecule has 4 rings (SSSR count). The number of anilines is 4. The Hall–Kier alpha value is -3.42. The summed E-state index contributed by atoms with van der Waals surface area (Å²) >= 11 is 12.3. The van der Waals surface area contributed by atoms with Gasteiger partial charge < -0.3 is 25.8 Å². The summed E-state index contributed by atoms with van der Waals surface area (Å²) < 4.78 is 0. The Morgan fingerprint density at radius 2 is 1.44 bits per heavy atom. The maximum Gasteiger partial charge on any atom is 0.323 e. The van der Waals surface area contributed by atoms with E-state index in [1.165, 1.54) is 0 Å². The van der Waals surface area contributed by atoms with Gasteiger partial charge in [0, 0.05) is 37.6 Å². The summed E-state index contributed by atoms with van der Waals surface area (Å²) in [5.41, 5.74) is 3.82. The van der Waals surface area contributed by atoms with Crippen molar-refractivity contribution >= 4 is 58.0 Å². The van der Waals surface area contributed by atoms with Crippen molar-refractivity contribution in [2.45, 2.75) is 6.92 Å². The highest BCUT2D eigenvalue weighted by Gasteiger charge is 2.22. The van der Waals surface area contributed by atoms with Crippen LogP contribution < -0.4 is 20.9 Å². The highest BCUT2D eigenvalue weighted by molar-refractivity contribution is 6.34. The van der Waals surface area contributed by atoms with Gasteiger partial charge in [-0.15, -0.1) is 0 Å². The fourth-order valence-electron chi connectivity index (χ4n) is 3.75. The normalized spacial score (nSPS) is 13.4. The van der Waals surface area contributed by atoms with Gasteiger partial charge in [0.2, 0.25) is 0 Å².